The first kappa shape index (κ1) is 25.8. The second-order valence-electron chi connectivity index (χ2n) is 7.84. The van der Waals surface area contributed by atoms with Crippen LogP contribution >= 0.6 is 0 Å². The third kappa shape index (κ3) is 9.66. The number of fused-ring (bicyclic) bond motifs is 1. The lowest BCUT2D eigenvalue weighted by atomic mass is 9.94. The lowest BCUT2D eigenvalue weighted by molar-refractivity contribution is -0.106. The number of hydrogen-bond acceptors (Lipinski definition) is 5. The van der Waals surface area contributed by atoms with Crippen LogP contribution < -0.4 is 11.5 Å². The van der Waals surface area contributed by atoms with E-state index in [1.54, 1.807) is 0 Å². The van der Waals surface area contributed by atoms with Crippen molar-refractivity contribution in [2.45, 2.75) is 60.0 Å². The van der Waals surface area contributed by atoms with Crippen molar-refractivity contribution in [1.29, 1.82) is 0 Å². The van der Waals surface area contributed by atoms with E-state index in [0.717, 1.165) is 31.0 Å². The van der Waals surface area contributed by atoms with Crippen LogP contribution in [-0.4, -0.2) is 52.1 Å². The molecular weight excluding hydrogens is 358 g/mol. The van der Waals surface area contributed by atoms with Crippen molar-refractivity contribution >= 4 is 18.4 Å². The minimum atomic E-state index is -0.485. The molecule has 0 bridgehead atoms. The Hall–Kier alpha value is -2.19. The second-order valence-corrected chi connectivity index (χ2v) is 7.84. The van der Waals surface area contributed by atoms with Gasteiger partial charge in [-0.15, -0.1) is 0 Å². The Bertz CT molecular complexity index is 633. The van der Waals surface area contributed by atoms with Crippen molar-refractivity contribution in [3.63, 3.8) is 0 Å². The molecule has 1 aliphatic rings. The average molecular weight is 396 g/mol. The summed E-state index contributed by atoms with van der Waals surface area (Å²) in [5, 5.41) is 8.80. The Balaban J connectivity index is 0.000000683. The Morgan fingerprint density at radius 2 is 1.89 bits per heavy atom. The first-order chi connectivity index (χ1) is 13.1. The Kier molecular flexibility index (Phi) is 12.0. The molecule has 28 heavy (non-hydrogen) atoms. The molecule has 8 heteroatoms. The summed E-state index contributed by atoms with van der Waals surface area (Å²) in [4.78, 5) is 26.6. The SMILES string of the molecule is CCC(C)(C)C.CN1CCCn2c(/C=C/CCO)nc(C(N)=O)c2C1.NC=O. The summed E-state index contributed by atoms with van der Waals surface area (Å²) in [6.07, 6.45) is 6.81. The van der Waals surface area contributed by atoms with Gasteiger partial charge in [-0.1, -0.05) is 40.2 Å². The van der Waals surface area contributed by atoms with Crippen LogP contribution in [0.5, 0.6) is 0 Å². The molecule has 0 saturated carbocycles. The lowest BCUT2D eigenvalue weighted by Crippen LogP contribution is -2.21. The van der Waals surface area contributed by atoms with E-state index < -0.39 is 5.91 Å². The van der Waals surface area contributed by atoms with Gasteiger partial charge in [0.15, 0.2) is 5.69 Å². The van der Waals surface area contributed by atoms with Gasteiger partial charge in [0.2, 0.25) is 6.41 Å². The van der Waals surface area contributed by atoms with Crippen molar-refractivity contribution in [1.82, 2.24) is 14.5 Å². The molecular formula is C20H37N5O3. The summed E-state index contributed by atoms with van der Waals surface area (Å²) >= 11 is 0. The van der Waals surface area contributed by atoms with Gasteiger partial charge in [-0.3, -0.25) is 9.59 Å². The summed E-state index contributed by atoms with van der Waals surface area (Å²) in [5.74, 6) is 0.258. The molecule has 1 aromatic heterocycles. The highest BCUT2D eigenvalue weighted by Gasteiger charge is 2.22. The minimum Gasteiger partial charge on any atom is -0.396 e. The van der Waals surface area contributed by atoms with E-state index in [9.17, 15) is 4.79 Å². The predicted molar refractivity (Wildman–Crippen MR) is 112 cm³/mol. The molecule has 1 aliphatic heterocycles. The highest BCUT2D eigenvalue weighted by molar-refractivity contribution is 5.92. The number of imidazole rings is 1. The maximum absolute atomic E-state index is 11.5. The molecule has 0 unspecified atom stereocenters. The number of aromatic nitrogens is 2. The maximum Gasteiger partial charge on any atom is 0.269 e. The average Bonchev–Trinajstić information content (AvgIpc) is 2.82. The van der Waals surface area contributed by atoms with Gasteiger partial charge in [-0.25, -0.2) is 4.98 Å². The lowest BCUT2D eigenvalue weighted by Gasteiger charge is -2.12. The molecule has 0 saturated heterocycles. The number of aliphatic hydroxyl groups excluding tert-OH is 1. The van der Waals surface area contributed by atoms with Crippen molar-refractivity contribution in [3.05, 3.63) is 23.3 Å². The van der Waals surface area contributed by atoms with Gasteiger partial charge in [0.1, 0.15) is 5.82 Å². The fourth-order valence-corrected chi connectivity index (χ4v) is 2.34. The van der Waals surface area contributed by atoms with Gasteiger partial charge in [-0.2, -0.15) is 0 Å². The zero-order valence-corrected chi connectivity index (χ0v) is 17.9. The monoisotopic (exact) mass is 395 g/mol. The molecule has 0 radical (unpaired) electrons. The highest BCUT2D eigenvalue weighted by Crippen LogP contribution is 2.19. The van der Waals surface area contributed by atoms with Gasteiger partial charge in [0.25, 0.3) is 5.91 Å². The Morgan fingerprint density at radius 1 is 1.32 bits per heavy atom. The number of rotatable bonds is 4. The normalized spacial score (nSPS) is 14.2. The third-order valence-corrected chi connectivity index (χ3v) is 4.30. The van der Waals surface area contributed by atoms with E-state index in [1.165, 1.54) is 6.42 Å². The van der Waals surface area contributed by atoms with E-state index in [2.05, 4.69) is 47.9 Å². The van der Waals surface area contributed by atoms with E-state index in [1.807, 2.05) is 19.2 Å². The molecule has 0 aromatic carbocycles. The number of primary amides is 2. The summed E-state index contributed by atoms with van der Waals surface area (Å²) in [6.45, 7) is 11.5. The first-order valence-electron chi connectivity index (χ1n) is 9.61. The van der Waals surface area contributed by atoms with E-state index in [0.29, 0.717) is 24.1 Å². The van der Waals surface area contributed by atoms with Crippen molar-refractivity contribution in [3.8, 4) is 0 Å². The molecule has 0 fully saturated rings. The molecule has 2 heterocycles. The Labute approximate surface area is 168 Å². The number of aliphatic hydroxyl groups is 1. The molecule has 0 atom stereocenters. The van der Waals surface area contributed by atoms with Crippen LogP contribution in [0.3, 0.4) is 0 Å². The smallest absolute Gasteiger partial charge is 0.269 e. The molecule has 160 valence electrons. The molecule has 2 rings (SSSR count). The van der Waals surface area contributed by atoms with Crippen molar-refractivity contribution < 1.29 is 14.7 Å². The topological polar surface area (TPSA) is 127 Å². The molecule has 2 amide bonds. The van der Waals surface area contributed by atoms with Crippen molar-refractivity contribution in [2.24, 2.45) is 16.9 Å². The zero-order valence-electron chi connectivity index (χ0n) is 17.9. The quantitative estimate of drug-likeness (QED) is 0.669. The number of amides is 2. The number of nitrogens with two attached hydrogens (primary N) is 2. The van der Waals surface area contributed by atoms with Crippen LogP contribution in [0, 0.1) is 5.41 Å². The predicted octanol–water partition coefficient (Wildman–Crippen LogP) is 1.76. The largest absolute Gasteiger partial charge is 0.396 e. The maximum atomic E-state index is 11.5. The molecule has 1 aromatic rings. The van der Waals surface area contributed by atoms with Crippen LogP contribution in [0.15, 0.2) is 6.08 Å². The van der Waals surface area contributed by atoms with E-state index in [-0.39, 0.29) is 13.0 Å². The number of hydrogen-bond donors (Lipinski definition) is 3. The van der Waals surface area contributed by atoms with E-state index >= 15 is 0 Å². The fourth-order valence-electron chi connectivity index (χ4n) is 2.34. The molecule has 5 N–H and O–H groups in total. The third-order valence-electron chi connectivity index (χ3n) is 4.30. The fraction of sp³-hybridized carbons (Fsp3) is 0.650. The molecule has 8 nitrogen and oxygen atoms in total. The number of nitrogens with zero attached hydrogens (tertiary/aromatic N) is 3. The van der Waals surface area contributed by atoms with Crippen LogP contribution in [0.2, 0.25) is 0 Å². The summed E-state index contributed by atoms with van der Waals surface area (Å²) < 4.78 is 2.05. The Morgan fingerprint density at radius 3 is 2.36 bits per heavy atom. The van der Waals surface area contributed by atoms with Gasteiger partial charge >= 0.3 is 0 Å². The van der Waals surface area contributed by atoms with Gasteiger partial charge in [0.05, 0.1) is 5.69 Å². The summed E-state index contributed by atoms with van der Waals surface area (Å²) in [6, 6.07) is 0. The number of carbonyl (C=O) groups excluding carboxylic acids is 2. The zero-order chi connectivity index (χ0) is 21.7. The second kappa shape index (κ2) is 13.1. The van der Waals surface area contributed by atoms with Crippen molar-refractivity contribution in [2.75, 3.05) is 20.2 Å². The van der Waals surface area contributed by atoms with E-state index in [4.69, 9.17) is 15.6 Å². The first-order valence-corrected chi connectivity index (χ1v) is 9.61. The molecule has 0 aliphatic carbocycles. The summed E-state index contributed by atoms with van der Waals surface area (Å²) in [5.41, 5.74) is 11.4. The van der Waals surface area contributed by atoms with Gasteiger partial charge < -0.3 is 26.0 Å². The molecule has 0 spiro atoms. The number of carbonyl (C=O) groups is 2. The minimum absolute atomic E-state index is 0.107. The van der Waals surface area contributed by atoms with Crippen LogP contribution in [0.1, 0.15) is 69.0 Å². The van der Waals surface area contributed by atoms with Crippen LogP contribution in [-0.2, 0) is 17.9 Å². The van der Waals surface area contributed by atoms with Gasteiger partial charge in [0, 0.05) is 19.7 Å². The summed E-state index contributed by atoms with van der Waals surface area (Å²) in [7, 11) is 2.02. The highest BCUT2D eigenvalue weighted by atomic mass is 16.2. The van der Waals surface area contributed by atoms with Gasteiger partial charge in [-0.05, 0) is 37.9 Å². The van der Waals surface area contributed by atoms with Crippen LogP contribution in [0.25, 0.3) is 6.08 Å². The standard InChI is InChI=1S/C13H20N4O2.C6H14.CH3NO/c1-16-6-4-7-17-10(9-16)12(13(14)19)15-11(17)5-2-3-8-18;1-5-6(2,3)4;2-1-3/h2,5,18H,3-4,6-9H2,1H3,(H2,14,19);5H2,1-4H3;1H,(H2,2,3)/b5-2+;;. The van der Waals surface area contributed by atoms with Crippen LogP contribution in [0.4, 0.5) is 0 Å².